The monoisotopic (exact) mass is 401 g/mol. The van der Waals surface area contributed by atoms with Gasteiger partial charge in [0.1, 0.15) is 5.82 Å². The van der Waals surface area contributed by atoms with Crippen LogP contribution < -0.4 is 0 Å². The van der Waals surface area contributed by atoms with Crippen LogP contribution in [0, 0.1) is 6.92 Å². The highest BCUT2D eigenvalue weighted by molar-refractivity contribution is 5.80. The van der Waals surface area contributed by atoms with E-state index in [9.17, 15) is 4.79 Å². The molecule has 0 saturated carbocycles. The summed E-state index contributed by atoms with van der Waals surface area (Å²) >= 11 is 0. The highest BCUT2D eigenvalue weighted by Gasteiger charge is 2.30. The standard InChI is InChI=1S/C22H23N7O/c1-15-25-26-27-29(15)17-11-9-16(10-12-17)14-21(30)28-13-5-4-8-20(28)22-23-18-6-2-3-7-19(18)24-22/h2-3,6-7,9-12,20H,4-5,8,13-14H2,1H3,(H,23,24). The van der Waals surface area contributed by atoms with Crippen LogP contribution in [0.25, 0.3) is 16.7 Å². The molecule has 152 valence electrons. The van der Waals surface area contributed by atoms with Gasteiger partial charge in [-0.2, -0.15) is 4.68 Å². The summed E-state index contributed by atoms with van der Waals surface area (Å²) in [4.78, 5) is 23.3. The lowest BCUT2D eigenvalue weighted by molar-refractivity contribution is -0.134. The number of imidazole rings is 1. The molecule has 1 atom stereocenters. The van der Waals surface area contributed by atoms with Crippen LogP contribution in [0.1, 0.15) is 42.5 Å². The number of carbonyl (C=O) groups is 1. The topological polar surface area (TPSA) is 92.6 Å². The van der Waals surface area contributed by atoms with E-state index in [-0.39, 0.29) is 11.9 Å². The van der Waals surface area contributed by atoms with Crippen LogP contribution in [0.15, 0.2) is 48.5 Å². The molecule has 4 aromatic rings. The van der Waals surface area contributed by atoms with Crippen LogP contribution in [-0.2, 0) is 11.2 Å². The number of likely N-dealkylation sites (tertiary alicyclic amines) is 1. The van der Waals surface area contributed by atoms with E-state index < -0.39 is 0 Å². The van der Waals surface area contributed by atoms with Gasteiger partial charge in [-0.15, -0.1) is 5.10 Å². The zero-order valence-electron chi connectivity index (χ0n) is 16.8. The largest absolute Gasteiger partial charge is 0.340 e. The first kappa shape index (κ1) is 18.5. The molecule has 1 amide bonds. The number of hydrogen-bond acceptors (Lipinski definition) is 5. The van der Waals surface area contributed by atoms with Crippen molar-refractivity contribution in [3.8, 4) is 5.69 Å². The molecule has 0 bridgehead atoms. The Labute approximate surface area is 173 Å². The minimum atomic E-state index is 0.00166. The molecule has 0 spiro atoms. The number of rotatable bonds is 4. The summed E-state index contributed by atoms with van der Waals surface area (Å²) in [6.07, 6.45) is 3.43. The number of carbonyl (C=O) groups excluding carboxylic acids is 1. The van der Waals surface area contributed by atoms with E-state index in [2.05, 4.69) is 20.5 Å². The Hall–Kier alpha value is -3.55. The molecule has 5 rings (SSSR count). The summed E-state index contributed by atoms with van der Waals surface area (Å²) in [7, 11) is 0. The van der Waals surface area contributed by atoms with Crippen LogP contribution >= 0.6 is 0 Å². The van der Waals surface area contributed by atoms with Crippen LogP contribution in [0.5, 0.6) is 0 Å². The number of para-hydroxylation sites is 2. The lowest BCUT2D eigenvalue weighted by atomic mass is 10.00. The van der Waals surface area contributed by atoms with Crippen molar-refractivity contribution in [1.82, 2.24) is 35.1 Å². The number of hydrogen-bond donors (Lipinski definition) is 1. The molecule has 3 heterocycles. The van der Waals surface area contributed by atoms with Crippen molar-refractivity contribution in [3.05, 3.63) is 65.7 Å². The molecule has 0 radical (unpaired) electrons. The Balaban J connectivity index is 1.34. The molecule has 1 unspecified atom stereocenters. The molecule has 1 aliphatic rings. The number of piperidine rings is 1. The summed E-state index contributed by atoms with van der Waals surface area (Å²) in [5.74, 6) is 1.74. The first-order valence-electron chi connectivity index (χ1n) is 10.3. The molecule has 0 aliphatic carbocycles. The van der Waals surface area contributed by atoms with Gasteiger partial charge in [0.2, 0.25) is 5.91 Å². The fraction of sp³-hybridized carbons (Fsp3) is 0.318. The number of H-pyrrole nitrogens is 1. The molecule has 1 saturated heterocycles. The van der Waals surface area contributed by atoms with Gasteiger partial charge >= 0.3 is 0 Å². The Morgan fingerprint density at radius 1 is 1.13 bits per heavy atom. The predicted molar refractivity (Wildman–Crippen MR) is 112 cm³/mol. The fourth-order valence-corrected chi connectivity index (χ4v) is 4.15. The van der Waals surface area contributed by atoms with Gasteiger partial charge in [0, 0.05) is 6.54 Å². The number of amides is 1. The second-order valence-corrected chi connectivity index (χ2v) is 7.72. The summed E-state index contributed by atoms with van der Waals surface area (Å²) in [5, 5.41) is 11.6. The van der Waals surface area contributed by atoms with Crippen LogP contribution in [0.2, 0.25) is 0 Å². The van der Waals surface area contributed by atoms with Crippen LogP contribution in [0.4, 0.5) is 0 Å². The van der Waals surface area contributed by atoms with E-state index in [1.54, 1.807) is 4.68 Å². The average molecular weight is 401 g/mol. The molecule has 1 fully saturated rings. The first-order chi connectivity index (χ1) is 14.7. The highest BCUT2D eigenvalue weighted by Crippen LogP contribution is 2.31. The molecule has 1 N–H and O–H groups in total. The van der Waals surface area contributed by atoms with Crippen molar-refractivity contribution in [2.75, 3.05) is 6.54 Å². The molecule has 8 heteroatoms. The Morgan fingerprint density at radius 3 is 2.73 bits per heavy atom. The van der Waals surface area contributed by atoms with E-state index in [1.807, 2.05) is 60.4 Å². The summed E-state index contributed by atoms with van der Waals surface area (Å²) < 4.78 is 1.67. The number of aryl methyl sites for hydroxylation is 1. The summed E-state index contributed by atoms with van der Waals surface area (Å²) in [6, 6.07) is 15.8. The van der Waals surface area contributed by atoms with Crippen molar-refractivity contribution in [1.29, 1.82) is 0 Å². The smallest absolute Gasteiger partial charge is 0.227 e. The zero-order valence-corrected chi connectivity index (χ0v) is 16.8. The Bertz CT molecular complexity index is 1140. The second-order valence-electron chi connectivity index (χ2n) is 7.72. The normalized spacial score (nSPS) is 16.8. The third kappa shape index (κ3) is 3.45. The molecule has 2 aromatic heterocycles. The molecule has 1 aliphatic heterocycles. The van der Waals surface area contributed by atoms with Gasteiger partial charge in [0.15, 0.2) is 5.82 Å². The number of fused-ring (bicyclic) bond motifs is 1. The molecule has 2 aromatic carbocycles. The summed E-state index contributed by atoms with van der Waals surface area (Å²) in [5.41, 5.74) is 3.81. The third-order valence-corrected chi connectivity index (χ3v) is 5.71. The number of nitrogens with one attached hydrogen (secondary N) is 1. The SMILES string of the molecule is Cc1nnnn1-c1ccc(CC(=O)N2CCCCC2c2nc3ccccc3[nH]2)cc1. The third-order valence-electron chi connectivity index (χ3n) is 5.71. The quantitative estimate of drug-likeness (QED) is 0.567. The highest BCUT2D eigenvalue weighted by atomic mass is 16.2. The number of tetrazole rings is 1. The maximum atomic E-state index is 13.2. The van der Waals surface area contributed by atoms with Gasteiger partial charge in [-0.3, -0.25) is 4.79 Å². The van der Waals surface area contributed by atoms with Gasteiger partial charge in [0.05, 0.1) is 29.2 Å². The van der Waals surface area contributed by atoms with Gasteiger partial charge < -0.3 is 9.88 Å². The zero-order chi connectivity index (χ0) is 20.5. The van der Waals surface area contributed by atoms with E-state index in [0.717, 1.165) is 59.7 Å². The number of aromatic nitrogens is 6. The van der Waals surface area contributed by atoms with E-state index >= 15 is 0 Å². The molecule has 30 heavy (non-hydrogen) atoms. The lowest BCUT2D eigenvalue weighted by Crippen LogP contribution is -2.39. The van der Waals surface area contributed by atoms with Crippen molar-refractivity contribution < 1.29 is 4.79 Å². The Kier molecular flexibility index (Phi) is 4.74. The van der Waals surface area contributed by atoms with E-state index in [1.165, 1.54) is 0 Å². The molecular weight excluding hydrogens is 378 g/mol. The van der Waals surface area contributed by atoms with E-state index in [4.69, 9.17) is 4.98 Å². The maximum Gasteiger partial charge on any atom is 0.227 e. The van der Waals surface area contributed by atoms with Crippen LogP contribution in [0.3, 0.4) is 0 Å². The summed E-state index contributed by atoms with van der Waals surface area (Å²) in [6.45, 7) is 2.62. The molecule has 8 nitrogen and oxygen atoms in total. The van der Waals surface area contributed by atoms with Gasteiger partial charge in [0.25, 0.3) is 0 Å². The number of aromatic amines is 1. The van der Waals surface area contributed by atoms with Gasteiger partial charge in [-0.25, -0.2) is 4.98 Å². The Morgan fingerprint density at radius 2 is 1.97 bits per heavy atom. The minimum Gasteiger partial charge on any atom is -0.340 e. The number of nitrogens with zero attached hydrogens (tertiary/aromatic N) is 6. The van der Waals surface area contributed by atoms with E-state index in [0.29, 0.717) is 6.42 Å². The van der Waals surface area contributed by atoms with Crippen molar-refractivity contribution in [3.63, 3.8) is 0 Å². The maximum absolute atomic E-state index is 13.2. The second kappa shape index (κ2) is 7.70. The lowest BCUT2D eigenvalue weighted by Gasteiger charge is -2.34. The van der Waals surface area contributed by atoms with Gasteiger partial charge in [-0.05, 0) is 66.4 Å². The first-order valence-corrected chi connectivity index (χ1v) is 10.3. The average Bonchev–Trinajstić information content (AvgIpc) is 3.40. The van der Waals surface area contributed by atoms with Crippen molar-refractivity contribution >= 4 is 16.9 Å². The van der Waals surface area contributed by atoms with Crippen LogP contribution in [-0.4, -0.2) is 47.5 Å². The minimum absolute atomic E-state index is 0.00166. The van der Waals surface area contributed by atoms with Crippen molar-refractivity contribution in [2.24, 2.45) is 0 Å². The van der Waals surface area contributed by atoms with Gasteiger partial charge in [-0.1, -0.05) is 24.3 Å². The van der Waals surface area contributed by atoms with Crippen molar-refractivity contribution in [2.45, 2.75) is 38.6 Å². The molecular formula is C22H23N7O. The fourth-order valence-electron chi connectivity index (χ4n) is 4.15. The predicted octanol–water partition coefficient (Wildman–Crippen LogP) is 3.14. The number of benzene rings is 2.